The Balaban J connectivity index is 2.22. The molecule has 3 nitrogen and oxygen atoms in total. The normalized spacial score (nSPS) is 25.6. The van der Waals surface area contributed by atoms with Gasteiger partial charge in [0.15, 0.2) is 0 Å². The fourth-order valence-electron chi connectivity index (χ4n) is 2.55. The maximum absolute atomic E-state index is 11.6. The first-order valence-corrected chi connectivity index (χ1v) is 7.34. The summed E-state index contributed by atoms with van der Waals surface area (Å²) in [5.74, 6) is 0.627. The molecule has 2 unspecified atom stereocenters. The molecule has 0 aromatic rings. The predicted molar refractivity (Wildman–Crippen MR) is 74.5 cm³/mol. The minimum atomic E-state index is -0.368. The van der Waals surface area contributed by atoms with Crippen LogP contribution in [-0.2, 0) is 9.53 Å². The van der Waals surface area contributed by atoms with Gasteiger partial charge in [-0.25, -0.2) is 0 Å². The lowest BCUT2D eigenvalue weighted by Gasteiger charge is -2.23. The van der Waals surface area contributed by atoms with E-state index in [1.54, 1.807) is 0 Å². The van der Waals surface area contributed by atoms with Gasteiger partial charge in [-0.2, -0.15) is 0 Å². The summed E-state index contributed by atoms with van der Waals surface area (Å²) < 4.78 is 5.30. The average molecular weight is 255 g/mol. The van der Waals surface area contributed by atoms with E-state index < -0.39 is 0 Å². The van der Waals surface area contributed by atoms with E-state index >= 15 is 0 Å². The van der Waals surface area contributed by atoms with E-state index in [9.17, 15) is 4.79 Å². The molecule has 0 saturated heterocycles. The van der Waals surface area contributed by atoms with Crippen molar-refractivity contribution < 1.29 is 9.53 Å². The number of carbonyl (C=O) groups is 1. The zero-order valence-corrected chi connectivity index (χ0v) is 12.4. The van der Waals surface area contributed by atoms with Crippen molar-refractivity contribution in [3.05, 3.63) is 0 Å². The van der Waals surface area contributed by atoms with Gasteiger partial charge in [0.2, 0.25) is 0 Å². The highest BCUT2D eigenvalue weighted by Gasteiger charge is 2.20. The molecule has 0 aliphatic heterocycles. The van der Waals surface area contributed by atoms with Gasteiger partial charge < -0.3 is 10.1 Å². The molecule has 0 radical (unpaired) electrons. The maximum Gasteiger partial charge on any atom is 0.307 e. The van der Waals surface area contributed by atoms with Crippen molar-refractivity contribution in [2.24, 2.45) is 5.92 Å². The van der Waals surface area contributed by atoms with Crippen LogP contribution in [0.4, 0.5) is 0 Å². The Morgan fingerprint density at radius 2 is 1.89 bits per heavy atom. The van der Waals surface area contributed by atoms with Crippen molar-refractivity contribution in [3.63, 3.8) is 0 Å². The van der Waals surface area contributed by atoms with Crippen LogP contribution in [0.3, 0.4) is 0 Å². The molecule has 0 aromatic heterocycles. The van der Waals surface area contributed by atoms with Crippen molar-refractivity contribution in [3.8, 4) is 0 Å². The smallest absolute Gasteiger partial charge is 0.307 e. The molecule has 2 atom stereocenters. The van der Waals surface area contributed by atoms with Crippen LogP contribution in [0.25, 0.3) is 0 Å². The number of hydrogen-bond donors (Lipinski definition) is 1. The molecular weight excluding hydrogens is 226 g/mol. The van der Waals surface area contributed by atoms with Crippen molar-refractivity contribution in [2.45, 2.75) is 77.9 Å². The monoisotopic (exact) mass is 255 g/mol. The summed E-state index contributed by atoms with van der Waals surface area (Å²) in [7, 11) is 0. The first kappa shape index (κ1) is 15.5. The second-order valence-corrected chi connectivity index (χ2v) is 6.51. The summed E-state index contributed by atoms with van der Waals surface area (Å²) in [5, 5.41) is 3.53. The van der Waals surface area contributed by atoms with Crippen LogP contribution < -0.4 is 5.32 Å². The molecule has 1 rings (SSSR count). The Labute approximate surface area is 112 Å². The van der Waals surface area contributed by atoms with Gasteiger partial charge in [-0.3, -0.25) is 4.79 Å². The third-order valence-corrected chi connectivity index (χ3v) is 3.52. The molecule has 1 aliphatic rings. The summed E-state index contributed by atoms with van der Waals surface area (Å²) in [6, 6.07) is 0.579. The summed E-state index contributed by atoms with van der Waals surface area (Å²) in [5.41, 5.74) is -0.368. The van der Waals surface area contributed by atoms with Gasteiger partial charge in [-0.1, -0.05) is 26.2 Å². The van der Waals surface area contributed by atoms with Crippen LogP contribution in [0.15, 0.2) is 0 Å². The topological polar surface area (TPSA) is 38.3 Å². The minimum Gasteiger partial charge on any atom is -0.460 e. The quantitative estimate of drug-likeness (QED) is 0.619. The van der Waals surface area contributed by atoms with E-state index in [1.165, 1.54) is 32.1 Å². The standard InChI is InChI=1S/C15H29NO2/c1-12-8-6-5-7-9-13(12)16-11-10-14(17)18-15(2,3)4/h12-13,16H,5-11H2,1-4H3. The van der Waals surface area contributed by atoms with Crippen molar-refractivity contribution in [1.29, 1.82) is 0 Å². The lowest BCUT2D eigenvalue weighted by molar-refractivity contribution is -0.154. The van der Waals surface area contributed by atoms with Crippen LogP contribution in [-0.4, -0.2) is 24.2 Å². The highest BCUT2D eigenvalue weighted by atomic mass is 16.6. The number of esters is 1. The van der Waals surface area contributed by atoms with E-state index in [4.69, 9.17) is 4.74 Å². The van der Waals surface area contributed by atoms with Crippen molar-refractivity contribution >= 4 is 5.97 Å². The van der Waals surface area contributed by atoms with Gasteiger partial charge in [0, 0.05) is 12.6 Å². The van der Waals surface area contributed by atoms with Gasteiger partial charge in [0.05, 0.1) is 6.42 Å². The van der Waals surface area contributed by atoms with Crippen LogP contribution >= 0.6 is 0 Å². The lowest BCUT2D eigenvalue weighted by atomic mass is 9.97. The molecule has 0 spiro atoms. The Bertz CT molecular complexity index is 258. The molecule has 18 heavy (non-hydrogen) atoms. The minimum absolute atomic E-state index is 0.101. The fourth-order valence-corrected chi connectivity index (χ4v) is 2.55. The Hall–Kier alpha value is -0.570. The summed E-state index contributed by atoms with van der Waals surface area (Å²) in [6.45, 7) is 8.78. The zero-order valence-electron chi connectivity index (χ0n) is 12.4. The molecule has 0 bridgehead atoms. The van der Waals surface area contributed by atoms with Crippen molar-refractivity contribution in [1.82, 2.24) is 5.32 Å². The summed E-state index contributed by atoms with van der Waals surface area (Å²) in [4.78, 5) is 11.6. The number of ether oxygens (including phenoxy) is 1. The molecule has 0 heterocycles. The molecule has 106 valence electrons. The Kier molecular flexibility index (Phi) is 6.13. The summed E-state index contributed by atoms with van der Waals surface area (Å²) in [6.07, 6.45) is 7.05. The molecule has 0 aromatic carbocycles. The highest BCUT2D eigenvalue weighted by molar-refractivity contribution is 5.70. The molecule has 1 saturated carbocycles. The van der Waals surface area contributed by atoms with Gasteiger partial charge >= 0.3 is 5.97 Å². The van der Waals surface area contributed by atoms with E-state index in [2.05, 4.69) is 12.2 Å². The second kappa shape index (κ2) is 7.13. The van der Waals surface area contributed by atoms with Gasteiger partial charge in [-0.05, 0) is 39.5 Å². The van der Waals surface area contributed by atoms with Gasteiger partial charge in [-0.15, -0.1) is 0 Å². The molecular formula is C15H29NO2. The number of nitrogens with one attached hydrogen (secondary N) is 1. The molecule has 1 fully saturated rings. The first-order chi connectivity index (χ1) is 8.38. The number of hydrogen-bond acceptors (Lipinski definition) is 3. The van der Waals surface area contributed by atoms with E-state index in [0.29, 0.717) is 12.5 Å². The highest BCUT2D eigenvalue weighted by Crippen LogP contribution is 2.22. The number of rotatable bonds is 4. The summed E-state index contributed by atoms with van der Waals surface area (Å²) >= 11 is 0. The van der Waals surface area contributed by atoms with Gasteiger partial charge in [0.1, 0.15) is 5.60 Å². The van der Waals surface area contributed by atoms with Crippen molar-refractivity contribution in [2.75, 3.05) is 6.54 Å². The van der Waals surface area contributed by atoms with Crippen LogP contribution in [0.2, 0.25) is 0 Å². The fraction of sp³-hybridized carbons (Fsp3) is 0.933. The third-order valence-electron chi connectivity index (χ3n) is 3.52. The molecule has 3 heteroatoms. The third kappa shape index (κ3) is 6.39. The van der Waals surface area contributed by atoms with Crippen LogP contribution in [0.5, 0.6) is 0 Å². The Morgan fingerprint density at radius 1 is 1.22 bits per heavy atom. The first-order valence-electron chi connectivity index (χ1n) is 7.34. The second-order valence-electron chi connectivity index (χ2n) is 6.51. The average Bonchev–Trinajstić information content (AvgIpc) is 2.41. The lowest BCUT2D eigenvalue weighted by Crippen LogP contribution is -2.36. The van der Waals surface area contributed by atoms with E-state index in [1.807, 2.05) is 20.8 Å². The predicted octanol–water partition coefficient (Wildman–Crippen LogP) is 3.28. The van der Waals surface area contributed by atoms with Crippen LogP contribution in [0.1, 0.15) is 66.2 Å². The SMILES string of the molecule is CC1CCCCCC1NCCC(=O)OC(C)(C)C. The van der Waals surface area contributed by atoms with E-state index in [-0.39, 0.29) is 11.6 Å². The molecule has 1 aliphatic carbocycles. The van der Waals surface area contributed by atoms with Gasteiger partial charge in [0.25, 0.3) is 0 Å². The molecule has 1 N–H and O–H groups in total. The molecule has 0 amide bonds. The number of carbonyl (C=O) groups excluding carboxylic acids is 1. The zero-order chi connectivity index (χ0) is 13.6. The Morgan fingerprint density at radius 3 is 2.56 bits per heavy atom. The maximum atomic E-state index is 11.6. The van der Waals surface area contributed by atoms with E-state index in [0.717, 1.165) is 12.5 Å². The van der Waals surface area contributed by atoms with Crippen LogP contribution in [0, 0.1) is 5.92 Å². The largest absolute Gasteiger partial charge is 0.460 e.